The summed E-state index contributed by atoms with van der Waals surface area (Å²) in [6.45, 7) is 4.74. The molecule has 0 radical (unpaired) electrons. The first-order valence-corrected chi connectivity index (χ1v) is 7.84. The van der Waals surface area contributed by atoms with Crippen LogP contribution in [0.1, 0.15) is 20.3 Å². The van der Waals surface area contributed by atoms with E-state index < -0.39 is 5.97 Å². The lowest BCUT2D eigenvalue weighted by atomic mass is 10.1. The second kappa shape index (κ2) is 9.28. The summed E-state index contributed by atoms with van der Waals surface area (Å²) in [7, 11) is 0. The van der Waals surface area contributed by atoms with E-state index in [4.69, 9.17) is 9.84 Å². The van der Waals surface area contributed by atoms with Gasteiger partial charge in [-0.3, -0.25) is 9.59 Å². The van der Waals surface area contributed by atoms with E-state index in [2.05, 4.69) is 5.32 Å². The zero-order valence-corrected chi connectivity index (χ0v) is 13.1. The molecule has 0 aliphatic heterocycles. The van der Waals surface area contributed by atoms with Crippen molar-refractivity contribution in [3.8, 4) is 5.75 Å². The Morgan fingerprint density at radius 1 is 1.33 bits per heavy atom. The van der Waals surface area contributed by atoms with Crippen LogP contribution in [0.5, 0.6) is 5.75 Å². The number of hydrogen-bond acceptors (Lipinski definition) is 4. The molecule has 1 aromatic carbocycles. The van der Waals surface area contributed by atoms with Crippen molar-refractivity contribution in [3.05, 3.63) is 24.3 Å². The van der Waals surface area contributed by atoms with Crippen LogP contribution in [0.4, 0.5) is 0 Å². The fraction of sp³-hybridized carbons (Fsp3) is 0.467. The van der Waals surface area contributed by atoms with E-state index >= 15 is 0 Å². The van der Waals surface area contributed by atoms with Gasteiger partial charge in [-0.1, -0.05) is 6.92 Å². The predicted molar refractivity (Wildman–Crippen MR) is 82.8 cm³/mol. The van der Waals surface area contributed by atoms with Gasteiger partial charge in [0.05, 0.1) is 12.4 Å². The molecule has 1 amide bonds. The summed E-state index contributed by atoms with van der Waals surface area (Å²) in [5.74, 6) is 0.121. The third-order valence-corrected chi connectivity index (χ3v) is 3.69. The highest BCUT2D eigenvalue weighted by Crippen LogP contribution is 2.21. The maximum atomic E-state index is 11.7. The molecule has 0 fully saturated rings. The van der Waals surface area contributed by atoms with Gasteiger partial charge in [-0.15, -0.1) is 11.8 Å². The number of aliphatic carboxylic acids is 1. The van der Waals surface area contributed by atoms with Gasteiger partial charge in [0, 0.05) is 17.9 Å². The molecule has 1 rings (SSSR count). The second-order valence-electron chi connectivity index (χ2n) is 4.70. The minimum absolute atomic E-state index is 0.0618. The number of carboxylic acids is 1. The maximum absolute atomic E-state index is 11.7. The lowest BCUT2D eigenvalue weighted by Crippen LogP contribution is -2.30. The largest absolute Gasteiger partial charge is 0.494 e. The number of ether oxygens (including phenoxy) is 1. The molecule has 116 valence electrons. The molecule has 2 N–H and O–H groups in total. The number of benzene rings is 1. The molecule has 0 aromatic heterocycles. The number of carboxylic acid groups (broad SMARTS) is 1. The average Bonchev–Trinajstić information content (AvgIpc) is 2.44. The van der Waals surface area contributed by atoms with Gasteiger partial charge in [0.2, 0.25) is 5.91 Å². The van der Waals surface area contributed by atoms with Crippen LogP contribution in [0.3, 0.4) is 0 Å². The number of nitrogens with one attached hydrogen (secondary N) is 1. The van der Waals surface area contributed by atoms with Crippen molar-refractivity contribution in [2.24, 2.45) is 5.92 Å². The number of carbonyl (C=O) groups is 2. The molecule has 6 heteroatoms. The Kier molecular flexibility index (Phi) is 7.68. The van der Waals surface area contributed by atoms with Crippen LogP contribution in [0, 0.1) is 5.92 Å². The van der Waals surface area contributed by atoms with Gasteiger partial charge >= 0.3 is 5.97 Å². The Balaban J connectivity index is 2.27. The highest BCUT2D eigenvalue weighted by molar-refractivity contribution is 8.00. The minimum Gasteiger partial charge on any atom is -0.494 e. The van der Waals surface area contributed by atoms with Gasteiger partial charge in [-0.2, -0.15) is 0 Å². The van der Waals surface area contributed by atoms with Crippen molar-refractivity contribution in [1.29, 1.82) is 0 Å². The van der Waals surface area contributed by atoms with Crippen molar-refractivity contribution in [2.45, 2.75) is 25.2 Å². The van der Waals surface area contributed by atoms with Crippen LogP contribution in [0.15, 0.2) is 29.2 Å². The molecular formula is C15H21NO4S. The van der Waals surface area contributed by atoms with E-state index in [0.29, 0.717) is 18.9 Å². The highest BCUT2D eigenvalue weighted by Gasteiger charge is 2.09. The lowest BCUT2D eigenvalue weighted by molar-refractivity contribution is -0.138. The Morgan fingerprint density at radius 3 is 2.57 bits per heavy atom. The van der Waals surface area contributed by atoms with Crippen LogP contribution in [-0.4, -0.2) is 35.9 Å². The number of thioether (sulfide) groups is 1. The van der Waals surface area contributed by atoms with E-state index in [1.54, 1.807) is 6.92 Å². The third-order valence-electron chi connectivity index (χ3n) is 2.68. The predicted octanol–water partition coefficient (Wildman–Crippen LogP) is 2.40. The van der Waals surface area contributed by atoms with Gasteiger partial charge < -0.3 is 15.2 Å². The molecule has 1 unspecified atom stereocenters. The number of carbonyl (C=O) groups excluding carboxylic acids is 1. The monoisotopic (exact) mass is 311 g/mol. The maximum Gasteiger partial charge on any atom is 0.303 e. The third kappa shape index (κ3) is 7.60. The Bertz CT molecular complexity index is 461. The van der Waals surface area contributed by atoms with Gasteiger partial charge in [-0.05, 0) is 37.1 Å². The summed E-state index contributed by atoms with van der Waals surface area (Å²) < 4.78 is 5.35. The average molecular weight is 311 g/mol. The van der Waals surface area contributed by atoms with Crippen LogP contribution < -0.4 is 10.1 Å². The molecule has 0 saturated carbocycles. The molecule has 0 saturated heterocycles. The standard InChI is InChI=1S/C15H21NO4S/c1-3-20-12-4-6-13(7-5-12)21-10-14(17)16-9-11(2)8-15(18)19/h4-7,11H,3,8-10H2,1-2H3,(H,16,17)(H,18,19). The number of amides is 1. The van der Waals surface area contributed by atoms with Gasteiger partial charge in [-0.25, -0.2) is 0 Å². The van der Waals surface area contributed by atoms with Gasteiger partial charge in [0.25, 0.3) is 0 Å². The Morgan fingerprint density at radius 2 is 2.00 bits per heavy atom. The Hall–Kier alpha value is -1.69. The topological polar surface area (TPSA) is 75.6 Å². The highest BCUT2D eigenvalue weighted by atomic mass is 32.2. The number of rotatable bonds is 9. The van der Waals surface area contributed by atoms with E-state index in [9.17, 15) is 9.59 Å². The van der Waals surface area contributed by atoms with E-state index in [1.165, 1.54) is 11.8 Å². The molecule has 0 bridgehead atoms. The molecule has 0 heterocycles. The van der Waals surface area contributed by atoms with Crippen molar-refractivity contribution in [3.63, 3.8) is 0 Å². The van der Waals surface area contributed by atoms with Gasteiger partial charge in [0.1, 0.15) is 5.75 Å². The summed E-state index contributed by atoms with van der Waals surface area (Å²) in [5, 5.41) is 11.4. The second-order valence-corrected chi connectivity index (χ2v) is 5.75. The van der Waals surface area contributed by atoms with E-state index in [1.807, 2.05) is 31.2 Å². The van der Waals surface area contributed by atoms with Crippen LogP contribution >= 0.6 is 11.8 Å². The Labute approximate surface area is 129 Å². The first-order valence-electron chi connectivity index (χ1n) is 6.85. The summed E-state index contributed by atoms with van der Waals surface area (Å²) >= 11 is 1.44. The molecular weight excluding hydrogens is 290 g/mol. The summed E-state index contributed by atoms with van der Waals surface area (Å²) in [5.41, 5.74) is 0. The molecule has 1 aromatic rings. The fourth-order valence-corrected chi connectivity index (χ4v) is 2.39. The summed E-state index contributed by atoms with van der Waals surface area (Å²) in [6.07, 6.45) is 0.0618. The smallest absolute Gasteiger partial charge is 0.303 e. The van der Waals surface area contributed by atoms with E-state index in [0.717, 1.165) is 10.6 Å². The summed E-state index contributed by atoms with van der Waals surface area (Å²) in [4.78, 5) is 23.2. The zero-order valence-electron chi connectivity index (χ0n) is 12.3. The van der Waals surface area contributed by atoms with Crippen LogP contribution in [0.25, 0.3) is 0 Å². The zero-order chi connectivity index (χ0) is 15.7. The first kappa shape index (κ1) is 17.4. The molecule has 0 spiro atoms. The molecule has 0 aliphatic carbocycles. The molecule has 1 atom stereocenters. The fourth-order valence-electron chi connectivity index (χ4n) is 1.66. The number of hydrogen-bond donors (Lipinski definition) is 2. The molecule has 5 nitrogen and oxygen atoms in total. The quantitative estimate of drug-likeness (QED) is 0.685. The lowest BCUT2D eigenvalue weighted by Gasteiger charge is -2.10. The summed E-state index contributed by atoms with van der Waals surface area (Å²) in [6, 6.07) is 7.57. The van der Waals surface area contributed by atoms with Crippen molar-refractivity contribution >= 4 is 23.6 Å². The van der Waals surface area contributed by atoms with Crippen LogP contribution in [0.2, 0.25) is 0 Å². The van der Waals surface area contributed by atoms with Crippen molar-refractivity contribution in [1.82, 2.24) is 5.32 Å². The van der Waals surface area contributed by atoms with Gasteiger partial charge in [0.15, 0.2) is 0 Å². The molecule has 21 heavy (non-hydrogen) atoms. The van der Waals surface area contributed by atoms with Crippen molar-refractivity contribution < 1.29 is 19.4 Å². The van der Waals surface area contributed by atoms with E-state index in [-0.39, 0.29) is 18.2 Å². The minimum atomic E-state index is -0.847. The van der Waals surface area contributed by atoms with Crippen molar-refractivity contribution in [2.75, 3.05) is 18.9 Å². The normalized spacial score (nSPS) is 11.7. The SMILES string of the molecule is CCOc1ccc(SCC(=O)NCC(C)CC(=O)O)cc1. The molecule has 0 aliphatic rings. The van der Waals surface area contributed by atoms with Crippen LogP contribution in [-0.2, 0) is 9.59 Å². The first-order chi connectivity index (χ1) is 10.0.